The molecular formula is C15H22N2O5S. The Labute approximate surface area is 141 Å². The number of aromatic nitrogens is 1. The highest BCUT2D eigenvalue weighted by molar-refractivity contribution is 7.79. The van der Waals surface area contributed by atoms with Crippen LogP contribution in [0.1, 0.15) is 20.8 Å². The van der Waals surface area contributed by atoms with Gasteiger partial charge in [-0.1, -0.05) is 6.07 Å². The second-order valence-electron chi connectivity index (χ2n) is 5.41. The van der Waals surface area contributed by atoms with Crippen molar-refractivity contribution in [1.29, 1.82) is 0 Å². The second-order valence-corrected chi connectivity index (χ2v) is 5.74. The summed E-state index contributed by atoms with van der Waals surface area (Å²) in [6, 6.07) is 5.23. The minimum Gasteiger partial charge on any atom is -0.454 e. The third-order valence-electron chi connectivity index (χ3n) is 2.19. The van der Waals surface area contributed by atoms with Crippen LogP contribution in [0, 0.1) is 0 Å². The van der Waals surface area contributed by atoms with Crippen molar-refractivity contribution >= 4 is 23.5 Å². The van der Waals surface area contributed by atoms with Gasteiger partial charge in [0.25, 0.3) is 0 Å². The van der Waals surface area contributed by atoms with Gasteiger partial charge in [-0.2, -0.15) is 0 Å². The van der Waals surface area contributed by atoms with Crippen molar-refractivity contribution in [2.75, 3.05) is 26.4 Å². The predicted molar refractivity (Wildman–Crippen MR) is 88.5 cm³/mol. The lowest BCUT2D eigenvalue weighted by Gasteiger charge is -2.19. The van der Waals surface area contributed by atoms with Crippen molar-refractivity contribution in [2.24, 2.45) is 0 Å². The number of nitrogens with one attached hydrogen (secondary N) is 1. The van der Waals surface area contributed by atoms with Gasteiger partial charge in [0, 0.05) is 31.0 Å². The van der Waals surface area contributed by atoms with Gasteiger partial charge in [0.1, 0.15) is 12.2 Å². The van der Waals surface area contributed by atoms with Crippen molar-refractivity contribution in [1.82, 2.24) is 10.3 Å². The summed E-state index contributed by atoms with van der Waals surface area (Å²) in [7, 11) is 0. The molecule has 0 unspecified atom stereocenters. The maximum absolute atomic E-state index is 11.4. The molecule has 0 aliphatic rings. The van der Waals surface area contributed by atoms with Gasteiger partial charge in [0.2, 0.25) is 5.88 Å². The van der Waals surface area contributed by atoms with Crippen LogP contribution in [0.3, 0.4) is 0 Å². The van der Waals surface area contributed by atoms with Crippen LogP contribution in [0.4, 0.5) is 4.79 Å². The fraction of sp³-hybridized carbons (Fsp3) is 0.533. The molecule has 1 N–H and O–H groups in total. The molecule has 0 atom stereocenters. The Hall–Kier alpha value is -1.93. The number of hydrogen-bond acceptors (Lipinski definition) is 7. The number of ether oxygens (including phenoxy) is 4. The first-order valence-electron chi connectivity index (χ1n) is 7.17. The van der Waals surface area contributed by atoms with E-state index in [1.54, 1.807) is 45.2 Å². The zero-order valence-corrected chi connectivity index (χ0v) is 14.4. The predicted octanol–water partition coefficient (Wildman–Crippen LogP) is 2.30. The Bertz CT molecular complexity index is 490. The van der Waals surface area contributed by atoms with Crippen molar-refractivity contribution in [3.63, 3.8) is 0 Å². The molecule has 1 heterocycles. The average molecular weight is 342 g/mol. The molecule has 7 nitrogen and oxygen atoms in total. The van der Waals surface area contributed by atoms with E-state index in [4.69, 9.17) is 31.2 Å². The largest absolute Gasteiger partial charge is 0.454 e. The summed E-state index contributed by atoms with van der Waals surface area (Å²) in [4.78, 5) is 15.3. The number of alkyl carbamates (subject to hydrolysis) is 1. The summed E-state index contributed by atoms with van der Waals surface area (Å²) in [5, 5.41) is 2.57. The minimum atomic E-state index is -0.512. The van der Waals surface area contributed by atoms with E-state index in [0.29, 0.717) is 25.6 Å². The maximum Gasteiger partial charge on any atom is 0.407 e. The van der Waals surface area contributed by atoms with Crippen LogP contribution in [0.25, 0.3) is 0 Å². The standard InChI is InChI=1S/C15H22N2O5S/c1-15(2,3)22-13(18)17-8-9-19-10-11-20-14(23)21-12-6-4-5-7-16-12/h4-7H,8-11H2,1-3H3,(H,17,18). The maximum atomic E-state index is 11.4. The van der Waals surface area contributed by atoms with Crippen LogP contribution in [0.2, 0.25) is 0 Å². The molecule has 0 aliphatic carbocycles. The lowest BCUT2D eigenvalue weighted by atomic mass is 10.2. The first kappa shape index (κ1) is 19.1. The zero-order valence-electron chi connectivity index (χ0n) is 13.5. The summed E-state index contributed by atoms with van der Waals surface area (Å²) in [6.07, 6.45) is 1.13. The molecular weight excluding hydrogens is 320 g/mol. The van der Waals surface area contributed by atoms with Gasteiger partial charge >= 0.3 is 11.3 Å². The molecule has 0 saturated heterocycles. The summed E-state index contributed by atoms with van der Waals surface area (Å²) < 4.78 is 20.7. The third kappa shape index (κ3) is 10.4. The summed E-state index contributed by atoms with van der Waals surface area (Å²) in [6.45, 7) is 6.67. The van der Waals surface area contributed by atoms with E-state index >= 15 is 0 Å². The highest BCUT2D eigenvalue weighted by Crippen LogP contribution is 2.06. The fourth-order valence-corrected chi connectivity index (χ4v) is 1.52. The molecule has 0 spiro atoms. The first-order valence-corrected chi connectivity index (χ1v) is 7.58. The Morgan fingerprint density at radius 3 is 2.70 bits per heavy atom. The normalized spacial score (nSPS) is 10.7. The van der Waals surface area contributed by atoms with Gasteiger partial charge in [-0.25, -0.2) is 9.78 Å². The molecule has 1 amide bonds. The van der Waals surface area contributed by atoms with Crippen LogP contribution in [-0.2, 0) is 14.2 Å². The molecule has 0 radical (unpaired) electrons. The lowest BCUT2D eigenvalue weighted by molar-refractivity contribution is 0.0484. The Balaban J connectivity index is 1.99. The van der Waals surface area contributed by atoms with Crippen molar-refractivity contribution in [3.8, 4) is 5.88 Å². The second kappa shape index (κ2) is 9.96. The molecule has 1 aromatic heterocycles. The average Bonchev–Trinajstić information content (AvgIpc) is 2.45. The van der Waals surface area contributed by atoms with E-state index in [1.807, 2.05) is 0 Å². The van der Waals surface area contributed by atoms with Gasteiger partial charge in [0.05, 0.1) is 13.2 Å². The summed E-state index contributed by atoms with van der Waals surface area (Å²) in [5.74, 6) is 0.375. The summed E-state index contributed by atoms with van der Waals surface area (Å²) in [5.41, 5.74) is -0.512. The number of nitrogens with zero attached hydrogens (tertiary/aromatic N) is 1. The molecule has 8 heteroatoms. The number of carbonyl (C=O) groups excluding carboxylic acids is 1. The topological polar surface area (TPSA) is 78.9 Å². The highest BCUT2D eigenvalue weighted by atomic mass is 32.1. The molecule has 0 aromatic carbocycles. The van der Waals surface area contributed by atoms with Gasteiger partial charge < -0.3 is 24.3 Å². The highest BCUT2D eigenvalue weighted by Gasteiger charge is 2.15. The minimum absolute atomic E-state index is 0.0146. The van der Waals surface area contributed by atoms with E-state index in [0.717, 1.165) is 0 Å². The molecule has 128 valence electrons. The van der Waals surface area contributed by atoms with Gasteiger partial charge in [0.15, 0.2) is 0 Å². The van der Waals surface area contributed by atoms with Crippen LogP contribution >= 0.6 is 12.2 Å². The molecule has 1 rings (SSSR count). The van der Waals surface area contributed by atoms with Gasteiger partial charge in [-0.3, -0.25) is 0 Å². The van der Waals surface area contributed by atoms with E-state index < -0.39 is 11.7 Å². The van der Waals surface area contributed by atoms with E-state index in [9.17, 15) is 4.79 Å². The molecule has 0 fully saturated rings. The number of rotatable bonds is 7. The molecule has 1 aromatic rings. The lowest BCUT2D eigenvalue weighted by Crippen LogP contribution is -2.34. The van der Waals surface area contributed by atoms with Crippen molar-refractivity contribution in [2.45, 2.75) is 26.4 Å². The van der Waals surface area contributed by atoms with Crippen LogP contribution in [0.5, 0.6) is 5.88 Å². The van der Waals surface area contributed by atoms with Crippen LogP contribution in [0.15, 0.2) is 24.4 Å². The van der Waals surface area contributed by atoms with Crippen molar-refractivity contribution in [3.05, 3.63) is 24.4 Å². The first-order chi connectivity index (χ1) is 10.9. The molecule has 0 aliphatic heterocycles. The SMILES string of the molecule is CC(C)(C)OC(=O)NCCOCCOC(=S)Oc1ccccn1. The van der Waals surface area contributed by atoms with Crippen LogP contribution < -0.4 is 10.1 Å². The van der Waals surface area contributed by atoms with Crippen molar-refractivity contribution < 1.29 is 23.7 Å². The summed E-state index contributed by atoms with van der Waals surface area (Å²) >= 11 is 4.91. The number of thiocarbonyl (C=S) groups is 1. The number of hydrogen-bond donors (Lipinski definition) is 1. The van der Waals surface area contributed by atoms with Crippen LogP contribution in [-0.4, -0.2) is 48.3 Å². The molecule has 0 bridgehead atoms. The van der Waals surface area contributed by atoms with Gasteiger partial charge in [-0.15, -0.1) is 0 Å². The quantitative estimate of drug-likeness (QED) is 0.601. The molecule has 0 saturated carbocycles. The van der Waals surface area contributed by atoms with E-state index in [1.165, 1.54) is 0 Å². The smallest absolute Gasteiger partial charge is 0.407 e. The Morgan fingerprint density at radius 1 is 1.26 bits per heavy atom. The number of pyridine rings is 1. The Morgan fingerprint density at radius 2 is 2.04 bits per heavy atom. The zero-order chi connectivity index (χ0) is 17.1. The van der Waals surface area contributed by atoms with E-state index in [2.05, 4.69) is 10.3 Å². The molecule has 23 heavy (non-hydrogen) atoms. The number of carbonyl (C=O) groups is 1. The Kier molecular flexibility index (Phi) is 8.28. The third-order valence-corrected chi connectivity index (χ3v) is 2.39. The number of amides is 1. The monoisotopic (exact) mass is 342 g/mol. The van der Waals surface area contributed by atoms with E-state index in [-0.39, 0.29) is 11.8 Å². The van der Waals surface area contributed by atoms with Gasteiger partial charge in [-0.05, 0) is 26.8 Å². The fourth-order valence-electron chi connectivity index (χ4n) is 1.35.